The Hall–Kier alpha value is -4.13. The number of benzene rings is 3. The van der Waals surface area contributed by atoms with Crippen LogP contribution in [-0.2, 0) is 22.4 Å². The number of aliphatic carboxylic acids is 1. The lowest BCUT2D eigenvalue weighted by Crippen LogP contribution is -2.42. The lowest BCUT2D eigenvalue weighted by atomic mass is 10.00. The second-order valence-electron chi connectivity index (χ2n) is 9.45. The molecule has 3 amide bonds. The largest absolute Gasteiger partial charge is 0.480 e. The molecule has 0 fully saturated rings. The maximum Gasteiger partial charge on any atom is 0.326 e. The Morgan fingerprint density at radius 2 is 1.55 bits per heavy atom. The number of hydrogen-bond acceptors (Lipinski definition) is 3. The number of nitrogens with one attached hydrogen (secondary N) is 2. The molecule has 0 heterocycles. The molecule has 3 rings (SSSR count). The molecule has 0 aliphatic rings. The molecule has 200 valence electrons. The van der Waals surface area contributed by atoms with E-state index in [1.165, 1.54) is 5.56 Å². The number of carboxylic acids is 1. The summed E-state index contributed by atoms with van der Waals surface area (Å²) in [5, 5.41) is 15.0. The average molecular weight is 516 g/mol. The normalized spacial score (nSPS) is 11.4. The van der Waals surface area contributed by atoms with Crippen molar-refractivity contribution in [3.8, 4) is 11.1 Å². The Morgan fingerprint density at radius 3 is 2.18 bits per heavy atom. The molecular formula is C31H37N3O4. The molecule has 7 heteroatoms. The summed E-state index contributed by atoms with van der Waals surface area (Å²) < 4.78 is 0. The van der Waals surface area contributed by atoms with Crippen molar-refractivity contribution in [2.75, 3.05) is 17.3 Å². The Labute approximate surface area is 224 Å². The van der Waals surface area contributed by atoms with Gasteiger partial charge in [0.05, 0.1) is 0 Å². The molecule has 0 spiro atoms. The number of carboxylic acid groups (broad SMARTS) is 1. The summed E-state index contributed by atoms with van der Waals surface area (Å²) in [6, 6.07) is 22.0. The second kappa shape index (κ2) is 14.0. The SMILES string of the molecule is CCCCc1ccc(NC(=O)N(C)c2cccc(-c3ccc(CC(NC(=O)CCC)C(=O)O)cc3)c2)cc1. The van der Waals surface area contributed by atoms with Crippen LogP contribution in [0.3, 0.4) is 0 Å². The van der Waals surface area contributed by atoms with Crippen LogP contribution in [0.4, 0.5) is 16.2 Å². The minimum atomic E-state index is -1.06. The van der Waals surface area contributed by atoms with Crippen molar-refractivity contribution < 1.29 is 19.5 Å². The van der Waals surface area contributed by atoms with Crippen molar-refractivity contribution in [1.29, 1.82) is 0 Å². The van der Waals surface area contributed by atoms with Crippen LogP contribution >= 0.6 is 0 Å². The van der Waals surface area contributed by atoms with Crippen molar-refractivity contribution in [1.82, 2.24) is 5.32 Å². The fourth-order valence-corrected chi connectivity index (χ4v) is 4.12. The van der Waals surface area contributed by atoms with Gasteiger partial charge in [0.2, 0.25) is 5.91 Å². The number of amides is 3. The first-order chi connectivity index (χ1) is 18.3. The van der Waals surface area contributed by atoms with Crippen LogP contribution in [0.2, 0.25) is 0 Å². The monoisotopic (exact) mass is 515 g/mol. The zero-order valence-electron chi connectivity index (χ0n) is 22.4. The first kappa shape index (κ1) is 28.4. The summed E-state index contributed by atoms with van der Waals surface area (Å²) in [6.07, 6.45) is 4.50. The number of carbonyl (C=O) groups is 3. The van der Waals surface area contributed by atoms with Gasteiger partial charge >= 0.3 is 12.0 Å². The van der Waals surface area contributed by atoms with Crippen LogP contribution in [0.5, 0.6) is 0 Å². The first-order valence-electron chi connectivity index (χ1n) is 13.2. The number of unbranched alkanes of at least 4 members (excludes halogenated alkanes) is 1. The zero-order chi connectivity index (χ0) is 27.5. The summed E-state index contributed by atoms with van der Waals surface area (Å²) >= 11 is 0. The highest BCUT2D eigenvalue weighted by Gasteiger charge is 2.20. The van der Waals surface area contributed by atoms with Crippen LogP contribution in [0.1, 0.15) is 50.7 Å². The van der Waals surface area contributed by atoms with Crippen LogP contribution in [0.25, 0.3) is 11.1 Å². The van der Waals surface area contributed by atoms with Crippen molar-refractivity contribution in [3.63, 3.8) is 0 Å². The van der Waals surface area contributed by atoms with E-state index in [0.29, 0.717) is 12.8 Å². The highest BCUT2D eigenvalue weighted by molar-refractivity contribution is 6.01. The Bertz CT molecular complexity index is 1220. The van der Waals surface area contributed by atoms with Gasteiger partial charge in [0, 0.05) is 31.3 Å². The lowest BCUT2D eigenvalue weighted by molar-refractivity contribution is -0.141. The number of nitrogens with zero attached hydrogens (tertiary/aromatic N) is 1. The molecular weight excluding hydrogens is 478 g/mol. The van der Waals surface area contributed by atoms with Gasteiger partial charge in [0.15, 0.2) is 0 Å². The minimum absolute atomic E-state index is 0.202. The van der Waals surface area contributed by atoms with E-state index >= 15 is 0 Å². The van der Waals surface area contributed by atoms with Gasteiger partial charge in [0.25, 0.3) is 0 Å². The van der Waals surface area contributed by atoms with Crippen LogP contribution < -0.4 is 15.5 Å². The minimum Gasteiger partial charge on any atom is -0.480 e. The standard InChI is InChI=1S/C31H37N3O4/c1-4-6-9-22-14-18-26(19-15-22)32-31(38)34(3)27-11-7-10-25(21-27)24-16-12-23(13-17-24)20-28(30(36)37)33-29(35)8-5-2/h7,10-19,21,28H,4-6,8-9,20H2,1-3H3,(H,32,38)(H,33,35)(H,36,37). The predicted octanol–water partition coefficient (Wildman–Crippen LogP) is 6.28. The maximum absolute atomic E-state index is 12.9. The molecule has 3 aromatic rings. The summed E-state index contributed by atoms with van der Waals surface area (Å²) in [6.45, 7) is 4.05. The highest BCUT2D eigenvalue weighted by atomic mass is 16.4. The number of rotatable bonds is 12. The molecule has 38 heavy (non-hydrogen) atoms. The van der Waals surface area contributed by atoms with Gasteiger partial charge in [-0.05, 0) is 65.8 Å². The molecule has 0 saturated carbocycles. The van der Waals surface area contributed by atoms with Gasteiger partial charge in [-0.15, -0.1) is 0 Å². The topological polar surface area (TPSA) is 98.7 Å². The molecule has 3 aromatic carbocycles. The maximum atomic E-state index is 12.9. The average Bonchev–Trinajstić information content (AvgIpc) is 2.92. The summed E-state index contributed by atoms with van der Waals surface area (Å²) in [7, 11) is 1.73. The molecule has 0 bridgehead atoms. The van der Waals surface area contributed by atoms with Gasteiger partial charge in [-0.2, -0.15) is 0 Å². The van der Waals surface area contributed by atoms with Crippen LogP contribution in [0, 0.1) is 0 Å². The summed E-state index contributed by atoms with van der Waals surface area (Å²) in [4.78, 5) is 37.9. The van der Waals surface area contributed by atoms with Gasteiger partial charge in [0.1, 0.15) is 6.04 Å². The van der Waals surface area contributed by atoms with Crippen molar-refractivity contribution in [3.05, 3.63) is 83.9 Å². The van der Waals surface area contributed by atoms with Crippen molar-refractivity contribution >= 4 is 29.3 Å². The molecule has 0 radical (unpaired) electrons. The fraction of sp³-hybridized carbons (Fsp3) is 0.323. The first-order valence-corrected chi connectivity index (χ1v) is 13.2. The molecule has 0 aliphatic carbocycles. The third-order valence-corrected chi connectivity index (χ3v) is 6.40. The number of carbonyl (C=O) groups excluding carboxylic acids is 2. The van der Waals surface area contributed by atoms with E-state index in [0.717, 1.165) is 47.3 Å². The van der Waals surface area contributed by atoms with Crippen molar-refractivity contribution in [2.24, 2.45) is 0 Å². The molecule has 3 N–H and O–H groups in total. The number of aryl methyl sites for hydroxylation is 1. The molecule has 1 unspecified atom stereocenters. The third-order valence-electron chi connectivity index (χ3n) is 6.40. The molecule has 7 nitrogen and oxygen atoms in total. The van der Waals surface area contributed by atoms with Crippen LogP contribution in [0.15, 0.2) is 72.8 Å². The van der Waals surface area contributed by atoms with E-state index in [1.54, 1.807) is 11.9 Å². The molecule has 0 aliphatic heterocycles. The zero-order valence-corrected chi connectivity index (χ0v) is 22.4. The number of anilines is 2. The summed E-state index contributed by atoms with van der Waals surface area (Å²) in [5.41, 5.74) is 5.43. The van der Waals surface area contributed by atoms with E-state index in [9.17, 15) is 19.5 Å². The Morgan fingerprint density at radius 1 is 0.868 bits per heavy atom. The van der Waals surface area contributed by atoms with E-state index < -0.39 is 12.0 Å². The van der Waals surface area contributed by atoms with E-state index in [1.807, 2.05) is 79.7 Å². The van der Waals surface area contributed by atoms with Crippen molar-refractivity contribution in [2.45, 2.75) is 58.4 Å². The van der Waals surface area contributed by atoms with E-state index in [-0.39, 0.29) is 18.4 Å². The quantitative estimate of drug-likeness (QED) is 0.264. The van der Waals surface area contributed by atoms with Crippen LogP contribution in [-0.4, -0.2) is 36.1 Å². The predicted molar refractivity (Wildman–Crippen MR) is 153 cm³/mol. The number of hydrogen-bond donors (Lipinski definition) is 3. The molecule has 0 aromatic heterocycles. The second-order valence-corrected chi connectivity index (χ2v) is 9.45. The third kappa shape index (κ3) is 8.20. The van der Waals surface area contributed by atoms with Gasteiger partial charge in [-0.25, -0.2) is 9.59 Å². The molecule has 0 saturated heterocycles. The molecule has 1 atom stereocenters. The Kier molecular flexibility index (Phi) is 10.5. The van der Waals surface area contributed by atoms with E-state index in [4.69, 9.17) is 0 Å². The highest BCUT2D eigenvalue weighted by Crippen LogP contribution is 2.25. The smallest absolute Gasteiger partial charge is 0.326 e. The lowest BCUT2D eigenvalue weighted by Gasteiger charge is -2.19. The Balaban J connectivity index is 1.65. The van der Waals surface area contributed by atoms with Gasteiger partial charge in [-0.3, -0.25) is 9.69 Å². The van der Waals surface area contributed by atoms with Gasteiger partial charge in [-0.1, -0.05) is 68.8 Å². The number of urea groups is 1. The summed E-state index contributed by atoms with van der Waals surface area (Å²) in [5.74, 6) is -1.31. The van der Waals surface area contributed by atoms with Gasteiger partial charge < -0.3 is 15.7 Å². The van der Waals surface area contributed by atoms with E-state index in [2.05, 4.69) is 17.6 Å². The fourth-order valence-electron chi connectivity index (χ4n) is 4.12.